The van der Waals surface area contributed by atoms with E-state index in [0.717, 1.165) is 24.0 Å². The summed E-state index contributed by atoms with van der Waals surface area (Å²) in [5, 5.41) is 12.4. The molecule has 7 nitrogen and oxygen atoms in total. The third-order valence-corrected chi connectivity index (χ3v) is 7.85. The zero-order valence-corrected chi connectivity index (χ0v) is 20.0. The first-order chi connectivity index (χ1) is 16.9. The summed E-state index contributed by atoms with van der Waals surface area (Å²) in [6.45, 7) is 2.96. The van der Waals surface area contributed by atoms with Gasteiger partial charge in [-0.25, -0.2) is 9.59 Å². The summed E-state index contributed by atoms with van der Waals surface area (Å²) in [6, 6.07) is 15.7. The lowest BCUT2D eigenvalue weighted by Gasteiger charge is -2.26. The Bertz CT molecular complexity index is 1080. The van der Waals surface area contributed by atoms with Crippen LogP contribution in [-0.4, -0.2) is 53.7 Å². The molecule has 5 rings (SSSR count). The maximum atomic E-state index is 12.9. The van der Waals surface area contributed by atoms with Gasteiger partial charge in [0.05, 0.1) is 0 Å². The number of carboxylic acids is 1. The van der Waals surface area contributed by atoms with Gasteiger partial charge in [0, 0.05) is 25.4 Å². The van der Waals surface area contributed by atoms with E-state index >= 15 is 0 Å². The topological polar surface area (TPSA) is 95.9 Å². The number of fused-ring (bicyclic) bond motifs is 3. The van der Waals surface area contributed by atoms with E-state index in [2.05, 4.69) is 29.6 Å². The number of alkyl carbamates (subject to hydrolysis) is 1. The second-order valence-electron chi connectivity index (χ2n) is 10.1. The van der Waals surface area contributed by atoms with Crippen molar-refractivity contribution in [3.8, 4) is 11.1 Å². The normalized spacial score (nSPS) is 21.8. The predicted molar refractivity (Wildman–Crippen MR) is 131 cm³/mol. The standard InChI is InChI=1S/C28H32N2O5/c1-17-12-13-30(26(17)27(32)33)25(31)14-19(18-10-11-18)15-29-28(34)35-16-24-22-8-4-2-6-20(22)21-7-3-5-9-23(21)24/h2-9,17-19,24,26H,10-16H2,1H3,(H,29,34)(H,32,33). The summed E-state index contributed by atoms with van der Waals surface area (Å²) in [5.74, 6) is -0.741. The minimum Gasteiger partial charge on any atom is -0.480 e. The first-order valence-electron chi connectivity index (χ1n) is 12.5. The monoisotopic (exact) mass is 476 g/mol. The second kappa shape index (κ2) is 9.72. The number of nitrogens with zero attached hydrogens (tertiary/aromatic N) is 1. The molecule has 0 aromatic heterocycles. The zero-order chi connectivity index (χ0) is 24.5. The summed E-state index contributed by atoms with van der Waals surface area (Å²) in [5.41, 5.74) is 4.69. The molecule has 2 N–H and O–H groups in total. The number of carboxylic acid groups (broad SMARTS) is 1. The molecule has 2 aromatic carbocycles. The number of rotatable bonds is 8. The molecule has 1 heterocycles. The molecule has 1 saturated heterocycles. The highest BCUT2D eigenvalue weighted by molar-refractivity contribution is 5.85. The lowest BCUT2D eigenvalue weighted by Crippen LogP contribution is -2.44. The van der Waals surface area contributed by atoms with Crippen LogP contribution in [0, 0.1) is 17.8 Å². The van der Waals surface area contributed by atoms with Crippen LogP contribution in [0.3, 0.4) is 0 Å². The Morgan fingerprint density at radius 1 is 1.03 bits per heavy atom. The molecular formula is C28H32N2O5. The van der Waals surface area contributed by atoms with E-state index in [4.69, 9.17) is 4.74 Å². The van der Waals surface area contributed by atoms with Gasteiger partial charge in [-0.2, -0.15) is 0 Å². The molecule has 0 radical (unpaired) electrons. The third kappa shape index (κ3) is 4.77. The van der Waals surface area contributed by atoms with Crippen LogP contribution in [0.5, 0.6) is 0 Å². The van der Waals surface area contributed by atoms with Crippen molar-refractivity contribution in [2.24, 2.45) is 17.8 Å². The molecule has 7 heteroatoms. The Morgan fingerprint density at radius 3 is 2.26 bits per heavy atom. The number of nitrogens with one attached hydrogen (secondary N) is 1. The average molecular weight is 477 g/mol. The Kier molecular flexibility index (Phi) is 6.50. The van der Waals surface area contributed by atoms with Crippen LogP contribution >= 0.6 is 0 Å². The van der Waals surface area contributed by atoms with Gasteiger partial charge in [0.25, 0.3) is 0 Å². The lowest BCUT2D eigenvalue weighted by atomic mass is 9.98. The van der Waals surface area contributed by atoms with Crippen molar-refractivity contribution in [2.75, 3.05) is 19.7 Å². The fourth-order valence-electron chi connectivity index (χ4n) is 5.78. The minimum atomic E-state index is -0.942. The maximum Gasteiger partial charge on any atom is 0.407 e. The number of benzene rings is 2. The van der Waals surface area contributed by atoms with Crippen molar-refractivity contribution in [3.05, 3.63) is 59.7 Å². The van der Waals surface area contributed by atoms with Gasteiger partial charge in [-0.3, -0.25) is 4.79 Å². The van der Waals surface area contributed by atoms with E-state index in [0.29, 0.717) is 25.4 Å². The van der Waals surface area contributed by atoms with Gasteiger partial charge in [-0.15, -0.1) is 0 Å². The van der Waals surface area contributed by atoms with Crippen LogP contribution in [-0.2, 0) is 14.3 Å². The molecule has 35 heavy (non-hydrogen) atoms. The molecule has 0 bridgehead atoms. The molecule has 2 aromatic rings. The largest absolute Gasteiger partial charge is 0.480 e. The quantitative estimate of drug-likeness (QED) is 0.593. The number of carbonyl (C=O) groups excluding carboxylic acids is 2. The van der Waals surface area contributed by atoms with E-state index in [-0.39, 0.29) is 36.7 Å². The van der Waals surface area contributed by atoms with Crippen molar-refractivity contribution in [1.29, 1.82) is 0 Å². The number of hydrogen-bond acceptors (Lipinski definition) is 4. The number of carbonyl (C=O) groups is 3. The highest BCUT2D eigenvalue weighted by Crippen LogP contribution is 2.44. The van der Waals surface area contributed by atoms with Gasteiger partial charge in [0.1, 0.15) is 12.6 Å². The van der Waals surface area contributed by atoms with Crippen molar-refractivity contribution in [1.82, 2.24) is 10.2 Å². The summed E-state index contributed by atoms with van der Waals surface area (Å²) in [7, 11) is 0. The molecule has 2 aliphatic carbocycles. The van der Waals surface area contributed by atoms with E-state index in [1.165, 1.54) is 16.0 Å². The van der Waals surface area contributed by atoms with Crippen LogP contribution in [0.2, 0.25) is 0 Å². The molecule has 184 valence electrons. The molecule has 2 fully saturated rings. The molecular weight excluding hydrogens is 444 g/mol. The van der Waals surface area contributed by atoms with E-state index < -0.39 is 18.1 Å². The zero-order valence-electron chi connectivity index (χ0n) is 20.0. The number of hydrogen-bond donors (Lipinski definition) is 2. The Balaban J connectivity index is 1.16. The van der Waals surface area contributed by atoms with Gasteiger partial charge in [0.15, 0.2) is 0 Å². The molecule has 2 amide bonds. The lowest BCUT2D eigenvalue weighted by molar-refractivity contribution is -0.149. The highest BCUT2D eigenvalue weighted by Gasteiger charge is 2.41. The fraction of sp³-hybridized carbons (Fsp3) is 0.464. The molecule has 0 spiro atoms. The van der Waals surface area contributed by atoms with Crippen LogP contribution in [0.1, 0.15) is 49.7 Å². The second-order valence-corrected chi connectivity index (χ2v) is 10.1. The van der Waals surface area contributed by atoms with E-state index in [1.54, 1.807) is 0 Å². The average Bonchev–Trinajstić information content (AvgIpc) is 3.55. The summed E-state index contributed by atoms with van der Waals surface area (Å²) in [4.78, 5) is 38.7. The number of amides is 2. The van der Waals surface area contributed by atoms with Crippen molar-refractivity contribution in [2.45, 2.75) is 44.6 Å². The van der Waals surface area contributed by atoms with Crippen LogP contribution < -0.4 is 5.32 Å². The first-order valence-corrected chi connectivity index (χ1v) is 12.5. The number of likely N-dealkylation sites (tertiary alicyclic amines) is 1. The Labute approximate surface area is 205 Å². The van der Waals surface area contributed by atoms with Crippen LogP contribution in [0.15, 0.2) is 48.5 Å². The van der Waals surface area contributed by atoms with Gasteiger partial charge >= 0.3 is 12.1 Å². The minimum absolute atomic E-state index is 0.000866. The predicted octanol–water partition coefficient (Wildman–Crippen LogP) is 4.26. The van der Waals surface area contributed by atoms with E-state index in [1.807, 2.05) is 31.2 Å². The van der Waals surface area contributed by atoms with Gasteiger partial charge in [-0.1, -0.05) is 55.5 Å². The number of aliphatic carboxylic acids is 1. The summed E-state index contributed by atoms with van der Waals surface area (Å²) >= 11 is 0. The highest BCUT2D eigenvalue weighted by atomic mass is 16.5. The SMILES string of the molecule is CC1CCN(C(=O)CC(CNC(=O)OCC2c3ccccc3-c3ccccc32)C2CC2)C1C(=O)O. The third-order valence-electron chi connectivity index (χ3n) is 7.85. The molecule has 1 aliphatic heterocycles. The molecule has 3 aliphatic rings. The molecule has 1 saturated carbocycles. The van der Waals surface area contributed by atoms with Crippen LogP contribution in [0.25, 0.3) is 11.1 Å². The van der Waals surface area contributed by atoms with E-state index in [9.17, 15) is 19.5 Å². The van der Waals surface area contributed by atoms with Crippen molar-refractivity contribution < 1.29 is 24.2 Å². The molecule has 3 atom stereocenters. The van der Waals surface area contributed by atoms with Crippen LogP contribution in [0.4, 0.5) is 4.79 Å². The fourth-order valence-corrected chi connectivity index (χ4v) is 5.78. The smallest absolute Gasteiger partial charge is 0.407 e. The Hall–Kier alpha value is -3.35. The summed E-state index contributed by atoms with van der Waals surface area (Å²) < 4.78 is 5.63. The number of ether oxygens (including phenoxy) is 1. The van der Waals surface area contributed by atoms with Gasteiger partial charge < -0.3 is 20.1 Å². The molecule has 3 unspecified atom stereocenters. The Morgan fingerprint density at radius 2 is 1.66 bits per heavy atom. The van der Waals surface area contributed by atoms with Gasteiger partial charge in [-0.05, 0) is 59.3 Å². The van der Waals surface area contributed by atoms with Gasteiger partial charge in [0.2, 0.25) is 5.91 Å². The van der Waals surface area contributed by atoms with Crippen molar-refractivity contribution >= 4 is 18.0 Å². The first kappa shape index (κ1) is 23.4. The van der Waals surface area contributed by atoms with Crippen molar-refractivity contribution in [3.63, 3.8) is 0 Å². The maximum absolute atomic E-state index is 12.9. The summed E-state index contributed by atoms with van der Waals surface area (Å²) in [6.07, 6.45) is 2.54.